The van der Waals surface area contributed by atoms with E-state index in [4.69, 9.17) is 23.2 Å². The van der Waals surface area contributed by atoms with E-state index in [1.807, 2.05) is 0 Å². The van der Waals surface area contributed by atoms with E-state index in [0.29, 0.717) is 22.2 Å². The second-order valence-electron chi connectivity index (χ2n) is 6.06. The van der Waals surface area contributed by atoms with Gasteiger partial charge in [-0.25, -0.2) is 0 Å². The van der Waals surface area contributed by atoms with Crippen molar-refractivity contribution in [2.24, 2.45) is 11.3 Å². The number of carbonyl (C=O) groups is 1. The summed E-state index contributed by atoms with van der Waals surface area (Å²) in [6, 6.07) is 4.96. The molecule has 5 heteroatoms. The molecule has 1 aliphatic heterocycles. The predicted molar refractivity (Wildman–Crippen MR) is 81.4 cm³/mol. The van der Waals surface area contributed by atoms with Gasteiger partial charge in [-0.2, -0.15) is 0 Å². The fraction of sp³-hybridized carbons (Fsp3) is 0.533. The first-order chi connectivity index (χ1) is 9.58. The molecule has 0 bridgehead atoms. The van der Waals surface area contributed by atoms with Gasteiger partial charge in [0.1, 0.15) is 0 Å². The second-order valence-corrected chi connectivity index (χ2v) is 6.90. The molecule has 1 saturated heterocycles. The molecule has 1 heterocycles. The minimum Gasteiger partial charge on any atom is -0.351 e. The number of rotatable bonds is 5. The van der Waals surface area contributed by atoms with E-state index < -0.39 is 0 Å². The molecular weight excluding hydrogens is 295 g/mol. The molecule has 1 amide bonds. The lowest BCUT2D eigenvalue weighted by atomic mass is 9.77. The van der Waals surface area contributed by atoms with Gasteiger partial charge in [-0.3, -0.25) is 4.79 Å². The minimum absolute atomic E-state index is 0.117. The molecule has 1 saturated carbocycles. The van der Waals surface area contributed by atoms with Crippen LogP contribution in [0, 0.1) is 11.3 Å². The van der Waals surface area contributed by atoms with Crippen LogP contribution in [0.15, 0.2) is 18.2 Å². The quantitative estimate of drug-likeness (QED) is 0.877. The molecule has 2 N–H and O–H groups in total. The van der Waals surface area contributed by atoms with Gasteiger partial charge in [0, 0.05) is 30.1 Å². The third kappa shape index (κ3) is 3.11. The maximum absolute atomic E-state index is 12.2. The van der Waals surface area contributed by atoms with Crippen LogP contribution in [0.25, 0.3) is 0 Å². The van der Waals surface area contributed by atoms with Crippen molar-refractivity contribution in [2.75, 3.05) is 19.6 Å². The number of amides is 1. The number of halogens is 2. The Hall–Kier alpha value is -0.770. The van der Waals surface area contributed by atoms with Gasteiger partial charge in [0.25, 0.3) is 5.91 Å². The van der Waals surface area contributed by atoms with Gasteiger partial charge in [-0.15, -0.1) is 0 Å². The highest BCUT2D eigenvalue weighted by molar-refractivity contribution is 6.36. The van der Waals surface area contributed by atoms with Gasteiger partial charge in [-0.05, 0) is 30.5 Å². The summed E-state index contributed by atoms with van der Waals surface area (Å²) in [6.07, 6.45) is 3.91. The Morgan fingerprint density at radius 2 is 2.10 bits per heavy atom. The Balaban J connectivity index is 1.60. The van der Waals surface area contributed by atoms with Crippen molar-refractivity contribution >= 4 is 29.1 Å². The lowest BCUT2D eigenvalue weighted by molar-refractivity contribution is 0.0876. The highest BCUT2D eigenvalue weighted by Gasteiger charge is 2.41. The van der Waals surface area contributed by atoms with Crippen molar-refractivity contribution in [1.29, 1.82) is 0 Å². The lowest BCUT2D eigenvalue weighted by Gasteiger charge is -2.43. The van der Waals surface area contributed by atoms with Crippen molar-refractivity contribution in [3.05, 3.63) is 33.8 Å². The van der Waals surface area contributed by atoms with Gasteiger partial charge >= 0.3 is 0 Å². The fourth-order valence-corrected chi connectivity index (χ4v) is 3.29. The molecular formula is C15H18Cl2N2O. The summed E-state index contributed by atoms with van der Waals surface area (Å²) in [6.45, 7) is 2.71. The van der Waals surface area contributed by atoms with E-state index >= 15 is 0 Å². The van der Waals surface area contributed by atoms with E-state index in [1.54, 1.807) is 18.2 Å². The van der Waals surface area contributed by atoms with Crippen molar-refractivity contribution in [1.82, 2.24) is 10.6 Å². The molecule has 0 radical (unpaired) electrons. The average Bonchev–Trinajstić information content (AvgIpc) is 3.16. The van der Waals surface area contributed by atoms with E-state index in [9.17, 15) is 4.79 Å². The normalized spacial score (nSPS) is 20.3. The molecule has 0 unspecified atom stereocenters. The van der Waals surface area contributed by atoms with Crippen molar-refractivity contribution in [3.63, 3.8) is 0 Å². The van der Waals surface area contributed by atoms with Crippen LogP contribution < -0.4 is 10.6 Å². The number of hydrogen-bond donors (Lipinski definition) is 2. The highest BCUT2D eigenvalue weighted by Crippen LogP contribution is 2.42. The molecule has 1 aromatic rings. The van der Waals surface area contributed by atoms with Crippen molar-refractivity contribution in [3.8, 4) is 0 Å². The standard InChI is InChI=1S/C15H18Cl2N2O/c16-11-3-4-12(13(17)5-11)14(20)19-9-15(7-18-8-15)6-10-1-2-10/h3-5,10,18H,1-2,6-9H2,(H,19,20). The Morgan fingerprint density at radius 1 is 1.35 bits per heavy atom. The number of benzene rings is 1. The van der Waals surface area contributed by atoms with Crippen molar-refractivity contribution in [2.45, 2.75) is 19.3 Å². The summed E-state index contributed by atoms with van der Waals surface area (Å²) in [4.78, 5) is 12.2. The van der Waals surface area contributed by atoms with Crippen LogP contribution in [0.2, 0.25) is 10.0 Å². The Morgan fingerprint density at radius 3 is 2.65 bits per heavy atom. The van der Waals surface area contributed by atoms with Gasteiger partial charge < -0.3 is 10.6 Å². The third-order valence-corrected chi connectivity index (χ3v) is 4.77. The zero-order valence-electron chi connectivity index (χ0n) is 11.2. The van der Waals surface area contributed by atoms with E-state index in [0.717, 1.165) is 19.0 Å². The highest BCUT2D eigenvalue weighted by atomic mass is 35.5. The first-order valence-corrected chi connectivity index (χ1v) is 7.78. The summed E-state index contributed by atoms with van der Waals surface area (Å²) in [5.74, 6) is 0.752. The number of carbonyl (C=O) groups excluding carboxylic acids is 1. The summed E-state index contributed by atoms with van der Waals surface area (Å²) < 4.78 is 0. The fourth-order valence-electron chi connectivity index (χ4n) is 2.79. The molecule has 108 valence electrons. The van der Waals surface area contributed by atoms with E-state index in [2.05, 4.69) is 10.6 Å². The zero-order valence-corrected chi connectivity index (χ0v) is 12.7. The number of hydrogen-bond acceptors (Lipinski definition) is 2. The molecule has 0 aromatic heterocycles. The molecule has 2 aliphatic rings. The average molecular weight is 313 g/mol. The van der Waals surface area contributed by atoms with Gasteiger partial charge in [0.2, 0.25) is 0 Å². The second kappa shape index (κ2) is 5.55. The topological polar surface area (TPSA) is 41.1 Å². The summed E-state index contributed by atoms with van der Waals surface area (Å²) in [5.41, 5.74) is 0.736. The largest absolute Gasteiger partial charge is 0.351 e. The lowest BCUT2D eigenvalue weighted by Crippen LogP contribution is -2.59. The molecule has 1 aliphatic carbocycles. The van der Waals surface area contributed by atoms with E-state index in [1.165, 1.54) is 19.3 Å². The summed E-state index contributed by atoms with van der Waals surface area (Å²) >= 11 is 11.9. The maximum Gasteiger partial charge on any atom is 0.252 e. The Labute approximate surface area is 129 Å². The first-order valence-electron chi connectivity index (χ1n) is 7.02. The van der Waals surface area contributed by atoms with Crippen LogP contribution in [-0.4, -0.2) is 25.5 Å². The van der Waals surface area contributed by atoms with E-state index in [-0.39, 0.29) is 11.3 Å². The van der Waals surface area contributed by atoms with Crippen LogP contribution >= 0.6 is 23.2 Å². The van der Waals surface area contributed by atoms with Crippen LogP contribution in [0.3, 0.4) is 0 Å². The predicted octanol–water partition coefficient (Wildman–Crippen LogP) is 3.11. The smallest absolute Gasteiger partial charge is 0.252 e. The summed E-state index contributed by atoms with van der Waals surface area (Å²) in [7, 11) is 0. The molecule has 1 aromatic carbocycles. The van der Waals surface area contributed by atoms with Crippen LogP contribution in [0.4, 0.5) is 0 Å². The zero-order chi connectivity index (χ0) is 14.2. The third-order valence-electron chi connectivity index (χ3n) is 4.22. The SMILES string of the molecule is O=C(NCC1(CC2CC2)CNC1)c1ccc(Cl)cc1Cl. The van der Waals surface area contributed by atoms with Crippen molar-refractivity contribution < 1.29 is 4.79 Å². The van der Waals surface area contributed by atoms with Crippen LogP contribution in [0.1, 0.15) is 29.6 Å². The summed E-state index contributed by atoms with van der Waals surface area (Å²) in [5, 5.41) is 7.29. The molecule has 2 fully saturated rings. The first kappa shape index (κ1) is 14.2. The van der Waals surface area contributed by atoms with Crippen LogP contribution in [-0.2, 0) is 0 Å². The monoisotopic (exact) mass is 312 g/mol. The van der Waals surface area contributed by atoms with Gasteiger partial charge in [0.05, 0.1) is 10.6 Å². The molecule has 20 heavy (non-hydrogen) atoms. The maximum atomic E-state index is 12.2. The van der Waals surface area contributed by atoms with Gasteiger partial charge in [-0.1, -0.05) is 36.0 Å². The van der Waals surface area contributed by atoms with Gasteiger partial charge in [0.15, 0.2) is 0 Å². The molecule has 3 rings (SSSR count). The molecule has 0 spiro atoms. The molecule has 0 atom stereocenters. The van der Waals surface area contributed by atoms with Crippen LogP contribution in [0.5, 0.6) is 0 Å². The number of nitrogens with one attached hydrogen (secondary N) is 2. The molecule has 3 nitrogen and oxygen atoms in total. The Kier molecular flexibility index (Phi) is 3.93. The minimum atomic E-state index is -0.117. The Bertz CT molecular complexity index is 525.